The minimum Gasteiger partial charge on any atom is -0.496 e. The molecule has 7 heteroatoms. The molecule has 4 nitrogen and oxygen atoms in total. The second-order valence-corrected chi connectivity index (χ2v) is 7.70. The van der Waals surface area contributed by atoms with Crippen LogP contribution in [0.3, 0.4) is 0 Å². The zero-order chi connectivity index (χ0) is 14.2. The minimum absolute atomic E-state index is 0.0493. The molecule has 1 aromatic rings. The number of benzene rings is 1. The van der Waals surface area contributed by atoms with Crippen LogP contribution < -0.4 is 4.74 Å². The summed E-state index contributed by atoms with van der Waals surface area (Å²) in [5.41, 5.74) is 0.401. The topological polar surface area (TPSA) is 63.6 Å². The van der Waals surface area contributed by atoms with Crippen LogP contribution in [0, 0.1) is 11.7 Å². The Morgan fingerprint density at radius 1 is 1.53 bits per heavy atom. The van der Waals surface area contributed by atoms with Gasteiger partial charge in [0.15, 0.2) is 9.84 Å². The van der Waals surface area contributed by atoms with E-state index in [2.05, 4.69) is 15.9 Å². The van der Waals surface area contributed by atoms with Crippen LogP contribution in [0.15, 0.2) is 16.6 Å². The first-order chi connectivity index (χ1) is 8.84. The van der Waals surface area contributed by atoms with E-state index >= 15 is 0 Å². The van der Waals surface area contributed by atoms with E-state index in [9.17, 15) is 17.9 Å². The fraction of sp³-hybridized carbons (Fsp3) is 0.500. The van der Waals surface area contributed by atoms with Gasteiger partial charge in [0.2, 0.25) is 0 Å². The number of aliphatic hydroxyl groups is 1. The predicted molar refractivity (Wildman–Crippen MR) is 72.4 cm³/mol. The summed E-state index contributed by atoms with van der Waals surface area (Å²) >= 11 is 3.05. The Morgan fingerprint density at radius 2 is 2.21 bits per heavy atom. The zero-order valence-electron chi connectivity index (χ0n) is 10.3. The third kappa shape index (κ3) is 3.09. The molecule has 0 saturated carbocycles. The lowest BCUT2D eigenvalue weighted by atomic mass is 9.94. The molecule has 0 amide bonds. The van der Waals surface area contributed by atoms with Crippen molar-refractivity contribution in [2.45, 2.75) is 12.5 Å². The van der Waals surface area contributed by atoms with Gasteiger partial charge in [-0.2, -0.15) is 0 Å². The number of ether oxygens (including phenoxy) is 1. The lowest BCUT2D eigenvalue weighted by molar-refractivity contribution is 0.117. The highest BCUT2D eigenvalue weighted by Crippen LogP contribution is 2.37. The van der Waals surface area contributed by atoms with Crippen molar-refractivity contribution in [2.24, 2.45) is 5.92 Å². The molecule has 0 aliphatic carbocycles. The number of hydrogen-bond acceptors (Lipinski definition) is 4. The number of methoxy groups -OCH3 is 1. The van der Waals surface area contributed by atoms with E-state index < -0.39 is 21.8 Å². The molecule has 2 atom stereocenters. The van der Waals surface area contributed by atoms with Crippen LogP contribution in [0.1, 0.15) is 18.1 Å². The average Bonchev–Trinajstić information content (AvgIpc) is 2.71. The number of aliphatic hydroxyl groups excluding tert-OH is 1. The van der Waals surface area contributed by atoms with Crippen molar-refractivity contribution < 1.29 is 22.7 Å². The quantitative estimate of drug-likeness (QED) is 0.904. The molecule has 1 aliphatic heterocycles. The van der Waals surface area contributed by atoms with Crippen molar-refractivity contribution in [1.29, 1.82) is 0 Å². The Balaban J connectivity index is 2.33. The molecule has 1 heterocycles. The van der Waals surface area contributed by atoms with Gasteiger partial charge in [-0.15, -0.1) is 0 Å². The van der Waals surface area contributed by atoms with Gasteiger partial charge in [-0.25, -0.2) is 12.8 Å². The molecule has 0 bridgehead atoms. The molecular formula is C12H14BrFO4S. The van der Waals surface area contributed by atoms with Crippen molar-refractivity contribution >= 4 is 25.8 Å². The summed E-state index contributed by atoms with van der Waals surface area (Å²) in [4.78, 5) is 0. The second kappa shape index (κ2) is 5.38. The van der Waals surface area contributed by atoms with Gasteiger partial charge < -0.3 is 9.84 Å². The average molecular weight is 353 g/mol. The van der Waals surface area contributed by atoms with Gasteiger partial charge in [0.25, 0.3) is 0 Å². The lowest BCUT2D eigenvalue weighted by Crippen LogP contribution is -2.15. The van der Waals surface area contributed by atoms with E-state index in [0.717, 1.165) is 0 Å². The Labute approximate surface area is 119 Å². The highest BCUT2D eigenvalue weighted by atomic mass is 79.9. The van der Waals surface area contributed by atoms with Crippen LogP contribution in [0.25, 0.3) is 0 Å². The first kappa shape index (κ1) is 14.7. The molecular weight excluding hydrogens is 339 g/mol. The first-order valence-electron chi connectivity index (χ1n) is 5.75. The van der Waals surface area contributed by atoms with Gasteiger partial charge in [-0.1, -0.05) is 0 Å². The van der Waals surface area contributed by atoms with E-state index in [4.69, 9.17) is 4.74 Å². The molecule has 0 spiro atoms. The number of sulfone groups is 1. The summed E-state index contributed by atoms with van der Waals surface area (Å²) in [7, 11) is -1.69. The van der Waals surface area contributed by atoms with E-state index in [0.29, 0.717) is 12.0 Å². The molecule has 1 aliphatic rings. The molecule has 1 fully saturated rings. The van der Waals surface area contributed by atoms with Crippen LogP contribution in [0.4, 0.5) is 4.39 Å². The fourth-order valence-electron chi connectivity index (χ4n) is 2.28. The summed E-state index contributed by atoms with van der Waals surface area (Å²) in [5.74, 6) is -0.619. The Hall–Kier alpha value is -0.660. The molecule has 1 saturated heterocycles. The molecule has 19 heavy (non-hydrogen) atoms. The summed E-state index contributed by atoms with van der Waals surface area (Å²) < 4.78 is 41.5. The maximum absolute atomic E-state index is 13.4. The van der Waals surface area contributed by atoms with Gasteiger partial charge in [0.05, 0.1) is 29.2 Å². The maximum Gasteiger partial charge on any atom is 0.150 e. The smallest absolute Gasteiger partial charge is 0.150 e. The van der Waals surface area contributed by atoms with Crippen molar-refractivity contribution in [3.63, 3.8) is 0 Å². The summed E-state index contributed by atoms with van der Waals surface area (Å²) in [5, 5.41) is 10.3. The summed E-state index contributed by atoms with van der Waals surface area (Å²) in [6.45, 7) is 0. The Morgan fingerprint density at radius 3 is 2.74 bits per heavy atom. The van der Waals surface area contributed by atoms with Crippen LogP contribution >= 0.6 is 15.9 Å². The SMILES string of the molecule is COc1cc(F)c(Br)cc1C(O)C1CCS(=O)(=O)C1. The van der Waals surface area contributed by atoms with E-state index in [-0.39, 0.29) is 27.6 Å². The maximum atomic E-state index is 13.4. The highest BCUT2D eigenvalue weighted by molar-refractivity contribution is 9.10. The van der Waals surface area contributed by atoms with Gasteiger partial charge in [0, 0.05) is 17.5 Å². The second-order valence-electron chi connectivity index (χ2n) is 4.62. The fourth-order valence-corrected chi connectivity index (χ4v) is 4.47. The standard InChI is InChI=1S/C12H14BrFO4S/c1-18-11-5-10(14)9(13)4-8(11)12(15)7-2-3-19(16,17)6-7/h4-5,7,12,15H,2-3,6H2,1H3. The molecule has 0 radical (unpaired) electrons. The van der Waals surface area contributed by atoms with Gasteiger partial charge in [-0.05, 0) is 28.4 Å². The Bertz CT molecular complexity index is 588. The van der Waals surface area contributed by atoms with Crippen LogP contribution in [-0.2, 0) is 9.84 Å². The molecule has 1 N–H and O–H groups in total. The lowest BCUT2D eigenvalue weighted by Gasteiger charge is -2.20. The first-order valence-corrected chi connectivity index (χ1v) is 8.37. The third-order valence-corrected chi connectivity index (χ3v) is 5.71. The van der Waals surface area contributed by atoms with Crippen molar-refractivity contribution in [1.82, 2.24) is 0 Å². The van der Waals surface area contributed by atoms with E-state index in [1.165, 1.54) is 19.2 Å². The largest absolute Gasteiger partial charge is 0.496 e. The normalized spacial score (nSPS) is 23.3. The molecule has 0 aromatic heterocycles. The predicted octanol–water partition coefficient (Wildman–Crippen LogP) is 2.06. The third-order valence-electron chi connectivity index (χ3n) is 3.31. The van der Waals surface area contributed by atoms with Crippen molar-refractivity contribution in [3.8, 4) is 5.75 Å². The van der Waals surface area contributed by atoms with Crippen LogP contribution in [0.2, 0.25) is 0 Å². The van der Waals surface area contributed by atoms with Gasteiger partial charge in [-0.3, -0.25) is 0 Å². The van der Waals surface area contributed by atoms with E-state index in [1.807, 2.05) is 0 Å². The van der Waals surface area contributed by atoms with Gasteiger partial charge >= 0.3 is 0 Å². The summed E-state index contributed by atoms with van der Waals surface area (Å²) in [6.07, 6.45) is -0.578. The molecule has 106 valence electrons. The van der Waals surface area contributed by atoms with Crippen molar-refractivity contribution in [2.75, 3.05) is 18.6 Å². The van der Waals surface area contributed by atoms with Crippen LogP contribution in [-0.4, -0.2) is 32.1 Å². The highest BCUT2D eigenvalue weighted by Gasteiger charge is 2.35. The monoisotopic (exact) mass is 352 g/mol. The molecule has 1 aromatic carbocycles. The van der Waals surface area contributed by atoms with Gasteiger partial charge in [0.1, 0.15) is 11.6 Å². The minimum atomic E-state index is -3.07. The van der Waals surface area contributed by atoms with Crippen molar-refractivity contribution in [3.05, 3.63) is 28.0 Å². The number of hydrogen-bond donors (Lipinski definition) is 1. The zero-order valence-corrected chi connectivity index (χ0v) is 12.7. The molecule has 2 unspecified atom stereocenters. The Kier molecular flexibility index (Phi) is 4.17. The van der Waals surface area contributed by atoms with Crippen LogP contribution in [0.5, 0.6) is 5.75 Å². The summed E-state index contributed by atoms with van der Waals surface area (Å²) in [6, 6.07) is 2.61. The number of rotatable bonds is 3. The van der Waals surface area contributed by atoms with E-state index in [1.54, 1.807) is 0 Å². The molecule has 2 rings (SSSR count). The number of halogens is 2.